The van der Waals surface area contributed by atoms with Gasteiger partial charge in [-0.05, 0) is 72.9 Å². The zero-order chi connectivity index (χ0) is 20.5. The van der Waals surface area contributed by atoms with Crippen molar-refractivity contribution in [3.05, 3.63) is 65.4 Å². The zero-order valence-electron chi connectivity index (χ0n) is 17.8. The number of rotatable bonds is 5. The number of aromatic amines is 1. The molecule has 30 heavy (non-hydrogen) atoms. The van der Waals surface area contributed by atoms with Gasteiger partial charge in [0, 0.05) is 29.2 Å². The van der Waals surface area contributed by atoms with Gasteiger partial charge in [-0.2, -0.15) is 0 Å². The van der Waals surface area contributed by atoms with Crippen molar-refractivity contribution in [1.29, 1.82) is 0 Å². The molecule has 2 aliphatic rings. The van der Waals surface area contributed by atoms with Crippen molar-refractivity contribution in [1.82, 2.24) is 10.3 Å². The molecule has 0 amide bonds. The Morgan fingerprint density at radius 1 is 1.00 bits per heavy atom. The molecular formula is C26H30N2O2. The number of aryl methyl sites for hydroxylation is 1. The Morgan fingerprint density at radius 3 is 2.73 bits per heavy atom. The summed E-state index contributed by atoms with van der Waals surface area (Å²) in [7, 11) is 3.38. The van der Waals surface area contributed by atoms with Gasteiger partial charge in [0.05, 0.1) is 14.2 Å². The minimum Gasteiger partial charge on any atom is -0.493 e. The summed E-state index contributed by atoms with van der Waals surface area (Å²) in [6.07, 6.45) is 8.23. The van der Waals surface area contributed by atoms with Crippen LogP contribution in [0.25, 0.3) is 16.5 Å². The molecule has 0 spiro atoms. The molecule has 156 valence electrons. The lowest BCUT2D eigenvalue weighted by Gasteiger charge is -2.30. The normalized spacial score (nSPS) is 21.2. The molecular weight excluding hydrogens is 372 g/mol. The van der Waals surface area contributed by atoms with E-state index in [1.54, 1.807) is 19.8 Å². The summed E-state index contributed by atoms with van der Waals surface area (Å²) in [6, 6.07) is 15.5. The number of benzene rings is 2. The maximum absolute atomic E-state index is 5.51. The molecule has 0 saturated carbocycles. The highest BCUT2D eigenvalue weighted by Crippen LogP contribution is 2.36. The molecule has 4 nitrogen and oxygen atoms in total. The van der Waals surface area contributed by atoms with Gasteiger partial charge in [0.2, 0.25) is 0 Å². The lowest BCUT2D eigenvalue weighted by Crippen LogP contribution is -2.35. The molecule has 1 aromatic heterocycles. The van der Waals surface area contributed by atoms with Crippen LogP contribution in [-0.4, -0.2) is 31.8 Å². The Balaban J connectivity index is 1.28. The Morgan fingerprint density at radius 2 is 1.87 bits per heavy atom. The molecule has 4 heteroatoms. The average molecular weight is 403 g/mol. The number of hydrogen-bond acceptors (Lipinski definition) is 3. The second-order valence-electron chi connectivity index (χ2n) is 8.58. The van der Waals surface area contributed by atoms with Crippen LogP contribution in [0.3, 0.4) is 0 Å². The summed E-state index contributed by atoms with van der Waals surface area (Å²) in [5.74, 6) is 2.31. The Labute approximate surface area is 178 Å². The van der Waals surface area contributed by atoms with E-state index in [0.717, 1.165) is 30.4 Å². The van der Waals surface area contributed by atoms with E-state index >= 15 is 0 Å². The van der Waals surface area contributed by atoms with Gasteiger partial charge < -0.3 is 19.8 Å². The molecule has 0 radical (unpaired) electrons. The third-order valence-corrected chi connectivity index (χ3v) is 6.79. The molecule has 2 atom stereocenters. The zero-order valence-corrected chi connectivity index (χ0v) is 17.8. The van der Waals surface area contributed by atoms with E-state index in [1.807, 2.05) is 6.07 Å². The molecule has 3 aromatic rings. The summed E-state index contributed by atoms with van der Waals surface area (Å²) >= 11 is 0. The second-order valence-corrected chi connectivity index (χ2v) is 8.58. The van der Waals surface area contributed by atoms with Crippen molar-refractivity contribution < 1.29 is 9.47 Å². The van der Waals surface area contributed by atoms with E-state index in [1.165, 1.54) is 53.4 Å². The molecule has 2 unspecified atom stereocenters. The van der Waals surface area contributed by atoms with Crippen molar-refractivity contribution >= 4 is 16.5 Å². The summed E-state index contributed by atoms with van der Waals surface area (Å²) in [4.78, 5) is 3.64. The van der Waals surface area contributed by atoms with Crippen molar-refractivity contribution in [3.63, 3.8) is 0 Å². The monoisotopic (exact) mass is 402 g/mol. The Kier molecular flexibility index (Phi) is 5.26. The van der Waals surface area contributed by atoms with Crippen molar-refractivity contribution in [2.45, 2.75) is 38.1 Å². The number of fused-ring (bicyclic) bond motifs is 3. The van der Waals surface area contributed by atoms with Crippen LogP contribution in [0.4, 0.5) is 0 Å². The number of nitrogens with one attached hydrogen (secondary N) is 2. The fourth-order valence-corrected chi connectivity index (χ4v) is 5.25. The van der Waals surface area contributed by atoms with Gasteiger partial charge in [0.25, 0.3) is 0 Å². The van der Waals surface area contributed by atoms with Gasteiger partial charge in [-0.25, -0.2) is 0 Å². The van der Waals surface area contributed by atoms with Crippen molar-refractivity contribution in [2.75, 3.05) is 20.8 Å². The SMILES string of the molecule is COc1ccc(C2=CCNC(CC3CCc4[nH]c5ccccc5c4C3)C2)cc1OC. The molecule has 5 rings (SSSR count). The first-order chi connectivity index (χ1) is 14.7. The maximum atomic E-state index is 5.51. The highest BCUT2D eigenvalue weighted by molar-refractivity contribution is 5.84. The smallest absolute Gasteiger partial charge is 0.161 e. The fraction of sp³-hybridized carbons (Fsp3) is 0.385. The quantitative estimate of drug-likeness (QED) is 0.622. The summed E-state index contributed by atoms with van der Waals surface area (Å²) in [5.41, 5.74) is 6.94. The third kappa shape index (κ3) is 3.61. The van der Waals surface area contributed by atoms with Crippen LogP contribution in [-0.2, 0) is 12.8 Å². The summed E-state index contributed by atoms with van der Waals surface area (Å²) in [6.45, 7) is 0.930. The molecule has 0 saturated heterocycles. The molecule has 2 heterocycles. The van der Waals surface area contributed by atoms with E-state index < -0.39 is 0 Å². The predicted molar refractivity (Wildman–Crippen MR) is 122 cm³/mol. The van der Waals surface area contributed by atoms with Crippen LogP contribution in [0, 0.1) is 5.92 Å². The number of aromatic nitrogens is 1. The minimum atomic E-state index is 0.523. The van der Waals surface area contributed by atoms with Gasteiger partial charge in [0.1, 0.15) is 0 Å². The van der Waals surface area contributed by atoms with Crippen LogP contribution < -0.4 is 14.8 Å². The van der Waals surface area contributed by atoms with Crippen LogP contribution in [0.5, 0.6) is 11.5 Å². The van der Waals surface area contributed by atoms with Crippen LogP contribution >= 0.6 is 0 Å². The third-order valence-electron chi connectivity index (χ3n) is 6.79. The number of ether oxygens (including phenoxy) is 2. The minimum absolute atomic E-state index is 0.523. The Hall–Kier alpha value is -2.72. The van der Waals surface area contributed by atoms with Crippen molar-refractivity contribution in [2.24, 2.45) is 5.92 Å². The number of H-pyrrole nitrogens is 1. The first-order valence-corrected chi connectivity index (χ1v) is 11.0. The van der Waals surface area contributed by atoms with E-state index in [9.17, 15) is 0 Å². The number of methoxy groups -OCH3 is 2. The molecule has 1 aliphatic carbocycles. The predicted octanol–water partition coefficient (Wildman–Crippen LogP) is 5.13. The second kappa shape index (κ2) is 8.19. The molecule has 2 aromatic carbocycles. The van der Waals surface area contributed by atoms with Gasteiger partial charge >= 0.3 is 0 Å². The van der Waals surface area contributed by atoms with Crippen LogP contribution in [0.2, 0.25) is 0 Å². The maximum Gasteiger partial charge on any atom is 0.161 e. The highest BCUT2D eigenvalue weighted by Gasteiger charge is 2.26. The standard InChI is InChI=1S/C26H30N2O2/c1-29-25-10-8-18(16-26(25)30-2)19-11-12-27-20(15-19)13-17-7-9-24-22(14-17)21-5-3-4-6-23(21)28-24/h3-6,8,10-11,16-17,20,27-28H,7,9,12-15H2,1-2H3. The van der Waals surface area contributed by atoms with E-state index in [2.05, 4.69) is 52.8 Å². The van der Waals surface area contributed by atoms with Crippen molar-refractivity contribution in [3.8, 4) is 11.5 Å². The number of para-hydroxylation sites is 1. The summed E-state index contributed by atoms with van der Waals surface area (Å²) in [5, 5.41) is 5.15. The Bertz CT molecular complexity index is 1080. The molecule has 0 bridgehead atoms. The number of hydrogen-bond donors (Lipinski definition) is 2. The topological polar surface area (TPSA) is 46.3 Å². The summed E-state index contributed by atoms with van der Waals surface area (Å²) < 4.78 is 10.9. The van der Waals surface area contributed by atoms with Crippen LogP contribution in [0.15, 0.2) is 48.5 Å². The lowest BCUT2D eigenvalue weighted by atomic mass is 9.80. The largest absolute Gasteiger partial charge is 0.493 e. The van der Waals surface area contributed by atoms with E-state index in [4.69, 9.17) is 9.47 Å². The van der Waals surface area contributed by atoms with E-state index in [0.29, 0.717) is 6.04 Å². The average Bonchev–Trinajstić information content (AvgIpc) is 3.17. The fourth-order valence-electron chi connectivity index (χ4n) is 5.25. The lowest BCUT2D eigenvalue weighted by molar-refractivity contribution is 0.353. The molecule has 1 aliphatic heterocycles. The van der Waals surface area contributed by atoms with Gasteiger partial charge in [-0.3, -0.25) is 0 Å². The highest BCUT2D eigenvalue weighted by atomic mass is 16.5. The molecule has 2 N–H and O–H groups in total. The van der Waals surface area contributed by atoms with Gasteiger partial charge in [-0.15, -0.1) is 0 Å². The first-order valence-electron chi connectivity index (χ1n) is 11.0. The first kappa shape index (κ1) is 19.3. The molecule has 0 fully saturated rings. The van der Waals surface area contributed by atoms with Gasteiger partial charge in [-0.1, -0.05) is 30.3 Å². The van der Waals surface area contributed by atoms with Gasteiger partial charge in [0.15, 0.2) is 11.5 Å². The van der Waals surface area contributed by atoms with Crippen LogP contribution in [0.1, 0.15) is 36.1 Å². The van der Waals surface area contributed by atoms with E-state index in [-0.39, 0.29) is 0 Å².